The van der Waals surface area contributed by atoms with Gasteiger partial charge in [0.25, 0.3) is 0 Å². The fourth-order valence-electron chi connectivity index (χ4n) is 1.58. The van der Waals surface area contributed by atoms with Crippen molar-refractivity contribution < 1.29 is 9.90 Å². The molecule has 0 aromatic heterocycles. The maximum atomic E-state index is 11.4. The Hall–Kier alpha value is -0.610. The van der Waals surface area contributed by atoms with Crippen LogP contribution in [-0.2, 0) is 4.79 Å². The van der Waals surface area contributed by atoms with E-state index in [4.69, 9.17) is 10.8 Å². The Kier molecular flexibility index (Phi) is 3.05. The van der Waals surface area contributed by atoms with Gasteiger partial charge in [-0.1, -0.05) is 0 Å². The van der Waals surface area contributed by atoms with Crippen LogP contribution in [0, 0.1) is 0 Å². The van der Waals surface area contributed by atoms with Crippen LogP contribution in [0.15, 0.2) is 0 Å². The van der Waals surface area contributed by atoms with Gasteiger partial charge in [-0.2, -0.15) is 0 Å². The molecule has 0 aliphatic carbocycles. The molecule has 1 aliphatic heterocycles. The molecule has 2 atom stereocenters. The third-order valence-electron chi connectivity index (χ3n) is 2.26. The molecule has 1 rings (SSSR count). The zero-order valence-corrected chi connectivity index (χ0v) is 7.36. The number of likely N-dealkylation sites (tertiary alicyclic amines) is 1. The van der Waals surface area contributed by atoms with E-state index in [1.165, 1.54) is 0 Å². The zero-order valence-electron chi connectivity index (χ0n) is 7.36. The topological polar surface area (TPSA) is 66.6 Å². The van der Waals surface area contributed by atoms with Crippen LogP contribution in [0.2, 0.25) is 0 Å². The predicted octanol–water partition coefficient (Wildman–Crippen LogP) is -0.683. The predicted molar refractivity (Wildman–Crippen MR) is 45.5 cm³/mol. The number of aliphatic hydroxyl groups is 1. The fourth-order valence-corrected chi connectivity index (χ4v) is 1.58. The SMILES string of the molecule is C[C@H](N)C(=O)N1CCC[C@@H]1CO. The first-order valence-corrected chi connectivity index (χ1v) is 4.33. The highest BCUT2D eigenvalue weighted by Gasteiger charge is 2.29. The molecule has 4 heteroatoms. The highest BCUT2D eigenvalue weighted by molar-refractivity contribution is 5.81. The van der Waals surface area contributed by atoms with Crippen LogP contribution in [0.1, 0.15) is 19.8 Å². The molecule has 0 bridgehead atoms. The number of carbonyl (C=O) groups is 1. The number of amides is 1. The smallest absolute Gasteiger partial charge is 0.239 e. The highest BCUT2D eigenvalue weighted by atomic mass is 16.3. The number of nitrogens with two attached hydrogens (primary N) is 1. The number of nitrogens with zero attached hydrogens (tertiary/aromatic N) is 1. The van der Waals surface area contributed by atoms with Crippen molar-refractivity contribution in [2.24, 2.45) is 5.73 Å². The molecule has 1 saturated heterocycles. The summed E-state index contributed by atoms with van der Waals surface area (Å²) in [5, 5.41) is 8.93. The molecule has 1 aliphatic rings. The molecule has 1 heterocycles. The summed E-state index contributed by atoms with van der Waals surface area (Å²) in [7, 11) is 0. The number of carbonyl (C=O) groups excluding carboxylic acids is 1. The van der Waals surface area contributed by atoms with Crippen molar-refractivity contribution in [1.82, 2.24) is 4.90 Å². The van der Waals surface area contributed by atoms with Crippen LogP contribution < -0.4 is 5.73 Å². The first-order valence-electron chi connectivity index (χ1n) is 4.33. The van der Waals surface area contributed by atoms with E-state index in [1.54, 1.807) is 11.8 Å². The molecule has 0 aromatic rings. The molecule has 0 radical (unpaired) electrons. The summed E-state index contributed by atoms with van der Waals surface area (Å²) in [6, 6.07) is -0.444. The number of aliphatic hydroxyl groups excluding tert-OH is 1. The van der Waals surface area contributed by atoms with Gasteiger partial charge in [-0.05, 0) is 19.8 Å². The monoisotopic (exact) mass is 172 g/mol. The number of hydrogen-bond acceptors (Lipinski definition) is 3. The van der Waals surface area contributed by atoms with E-state index in [9.17, 15) is 4.79 Å². The first-order chi connectivity index (χ1) is 5.66. The van der Waals surface area contributed by atoms with Gasteiger partial charge in [0.2, 0.25) is 5.91 Å². The Labute approximate surface area is 72.3 Å². The molecule has 0 saturated carbocycles. The molecule has 70 valence electrons. The molecule has 0 aromatic carbocycles. The standard InChI is InChI=1S/C8H16N2O2/c1-6(9)8(12)10-4-2-3-7(10)5-11/h6-7,11H,2-5,9H2,1H3/t6-,7+/m0/s1. The van der Waals surface area contributed by atoms with Crippen molar-refractivity contribution in [1.29, 1.82) is 0 Å². The van der Waals surface area contributed by atoms with E-state index in [2.05, 4.69) is 0 Å². The third-order valence-corrected chi connectivity index (χ3v) is 2.26. The van der Waals surface area contributed by atoms with E-state index in [0.29, 0.717) is 0 Å². The van der Waals surface area contributed by atoms with Gasteiger partial charge in [-0.3, -0.25) is 4.79 Å². The van der Waals surface area contributed by atoms with Crippen LogP contribution in [0.4, 0.5) is 0 Å². The van der Waals surface area contributed by atoms with Gasteiger partial charge in [0, 0.05) is 6.54 Å². The van der Waals surface area contributed by atoms with E-state index in [0.717, 1.165) is 19.4 Å². The van der Waals surface area contributed by atoms with E-state index < -0.39 is 6.04 Å². The second-order valence-electron chi connectivity index (χ2n) is 3.30. The zero-order chi connectivity index (χ0) is 9.14. The van der Waals surface area contributed by atoms with Gasteiger partial charge in [-0.15, -0.1) is 0 Å². The van der Waals surface area contributed by atoms with E-state index in [-0.39, 0.29) is 18.6 Å². The summed E-state index contributed by atoms with van der Waals surface area (Å²) in [5.41, 5.74) is 5.46. The number of hydrogen-bond donors (Lipinski definition) is 2. The Morgan fingerprint density at radius 1 is 1.83 bits per heavy atom. The average Bonchev–Trinajstić information content (AvgIpc) is 2.49. The Balaban J connectivity index is 2.55. The Morgan fingerprint density at radius 3 is 3.00 bits per heavy atom. The molecule has 4 nitrogen and oxygen atoms in total. The van der Waals surface area contributed by atoms with Gasteiger partial charge in [-0.25, -0.2) is 0 Å². The van der Waals surface area contributed by atoms with Gasteiger partial charge in [0.1, 0.15) is 0 Å². The summed E-state index contributed by atoms with van der Waals surface area (Å²) in [6.07, 6.45) is 1.87. The molecule has 1 amide bonds. The Morgan fingerprint density at radius 2 is 2.50 bits per heavy atom. The number of rotatable bonds is 2. The summed E-state index contributed by atoms with van der Waals surface area (Å²) in [5.74, 6) is -0.0495. The fraction of sp³-hybridized carbons (Fsp3) is 0.875. The second-order valence-corrected chi connectivity index (χ2v) is 3.30. The molecule has 3 N–H and O–H groups in total. The van der Waals surface area contributed by atoms with Crippen LogP contribution in [0.25, 0.3) is 0 Å². The lowest BCUT2D eigenvalue weighted by Crippen LogP contribution is -2.45. The minimum absolute atomic E-state index is 0.00324. The molecular weight excluding hydrogens is 156 g/mol. The quantitative estimate of drug-likeness (QED) is 0.580. The lowest BCUT2D eigenvalue weighted by Gasteiger charge is -2.24. The summed E-state index contributed by atoms with van der Waals surface area (Å²) in [4.78, 5) is 13.1. The lowest BCUT2D eigenvalue weighted by atomic mass is 10.2. The van der Waals surface area contributed by atoms with Crippen molar-refractivity contribution in [2.45, 2.75) is 31.8 Å². The summed E-state index contributed by atoms with van der Waals surface area (Å²) < 4.78 is 0. The van der Waals surface area contributed by atoms with Crippen molar-refractivity contribution in [3.63, 3.8) is 0 Å². The van der Waals surface area contributed by atoms with E-state index >= 15 is 0 Å². The summed E-state index contributed by atoms with van der Waals surface area (Å²) in [6.45, 7) is 2.47. The minimum atomic E-state index is -0.447. The van der Waals surface area contributed by atoms with Gasteiger partial charge >= 0.3 is 0 Å². The van der Waals surface area contributed by atoms with Crippen LogP contribution in [-0.4, -0.2) is 41.1 Å². The molecule has 12 heavy (non-hydrogen) atoms. The van der Waals surface area contributed by atoms with Crippen LogP contribution in [0.5, 0.6) is 0 Å². The lowest BCUT2D eigenvalue weighted by molar-refractivity contribution is -0.133. The normalized spacial score (nSPS) is 25.9. The highest BCUT2D eigenvalue weighted by Crippen LogP contribution is 2.16. The summed E-state index contributed by atoms with van der Waals surface area (Å²) >= 11 is 0. The van der Waals surface area contributed by atoms with Crippen LogP contribution in [0.3, 0.4) is 0 Å². The van der Waals surface area contributed by atoms with Crippen molar-refractivity contribution in [3.8, 4) is 0 Å². The largest absolute Gasteiger partial charge is 0.394 e. The maximum Gasteiger partial charge on any atom is 0.239 e. The van der Waals surface area contributed by atoms with Crippen molar-refractivity contribution in [2.75, 3.05) is 13.2 Å². The van der Waals surface area contributed by atoms with Gasteiger partial charge in [0.15, 0.2) is 0 Å². The Bertz CT molecular complexity index is 170. The second kappa shape index (κ2) is 3.87. The minimum Gasteiger partial charge on any atom is -0.394 e. The van der Waals surface area contributed by atoms with Crippen LogP contribution >= 0.6 is 0 Å². The molecule has 0 spiro atoms. The van der Waals surface area contributed by atoms with Crippen molar-refractivity contribution in [3.05, 3.63) is 0 Å². The first kappa shape index (κ1) is 9.48. The van der Waals surface area contributed by atoms with Gasteiger partial charge in [0.05, 0.1) is 18.7 Å². The molecular formula is C8H16N2O2. The van der Waals surface area contributed by atoms with Gasteiger partial charge < -0.3 is 15.7 Å². The molecule has 0 unspecified atom stereocenters. The van der Waals surface area contributed by atoms with E-state index in [1.807, 2.05) is 0 Å². The van der Waals surface area contributed by atoms with Crippen molar-refractivity contribution >= 4 is 5.91 Å². The molecule has 1 fully saturated rings. The average molecular weight is 172 g/mol. The maximum absolute atomic E-state index is 11.4. The third kappa shape index (κ3) is 1.76.